The predicted molar refractivity (Wildman–Crippen MR) is 132 cm³/mol. The molecule has 3 aromatic rings. The molecular formula is C28H25F2N3O4. The van der Waals surface area contributed by atoms with Gasteiger partial charge in [-0.05, 0) is 54.2 Å². The molecule has 2 amide bonds. The molecule has 1 spiro atoms. The fourth-order valence-corrected chi connectivity index (χ4v) is 5.43. The molecule has 190 valence electrons. The van der Waals surface area contributed by atoms with Crippen LogP contribution in [0.5, 0.6) is 0 Å². The van der Waals surface area contributed by atoms with E-state index in [9.17, 15) is 28.5 Å². The van der Waals surface area contributed by atoms with Crippen LogP contribution < -0.4 is 0 Å². The lowest BCUT2D eigenvalue weighted by Crippen LogP contribution is -2.70. The molecular weight excluding hydrogens is 480 g/mol. The van der Waals surface area contributed by atoms with Gasteiger partial charge >= 0.3 is 0 Å². The Morgan fingerprint density at radius 2 is 1.65 bits per heavy atom. The highest BCUT2D eigenvalue weighted by molar-refractivity contribution is 5.96. The lowest BCUT2D eigenvalue weighted by atomic mass is 9.85. The largest absolute Gasteiger partial charge is 0.334 e. The summed E-state index contributed by atoms with van der Waals surface area (Å²) in [6.07, 6.45) is 2.36. The van der Waals surface area contributed by atoms with Gasteiger partial charge in [0.25, 0.3) is 11.6 Å². The van der Waals surface area contributed by atoms with E-state index in [-0.39, 0.29) is 23.7 Å². The molecule has 9 heteroatoms. The first-order valence-corrected chi connectivity index (χ1v) is 12.1. The van der Waals surface area contributed by atoms with E-state index in [1.807, 2.05) is 29.2 Å². The van der Waals surface area contributed by atoms with E-state index in [2.05, 4.69) is 0 Å². The van der Waals surface area contributed by atoms with E-state index >= 15 is 0 Å². The zero-order chi connectivity index (χ0) is 26.2. The average Bonchev–Trinajstić information content (AvgIpc) is 3.30. The summed E-state index contributed by atoms with van der Waals surface area (Å²) in [5, 5.41) is 11.0. The number of rotatable bonds is 6. The number of nitro benzene ring substituents is 1. The van der Waals surface area contributed by atoms with Crippen LogP contribution >= 0.6 is 0 Å². The van der Waals surface area contributed by atoms with Crippen LogP contribution in [0.15, 0.2) is 66.7 Å². The molecule has 0 N–H and O–H groups in total. The minimum atomic E-state index is -0.843. The van der Waals surface area contributed by atoms with E-state index in [1.165, 1.54) is 17.0 Å². The number of carbonyl (C=O) groups is 2. The third kappa shape index (κ3) is 4.94. The molecule has 3 aromatic carbocycles. The lowest BCUT2D eigenvalue weighted by Gasteiger charge is -2.52. The maximum Gasteiger partial charge on any atom is 0.273 e. The smallest absolute Gasteiger partial charge is 0.273 e. The van der Waals surface area contributed by atoms with Crippen LogP contribution in [0.2, 0.25) is 0 Å². The van der Waals surface area contributed by atoms with Crippen molar-refractivity contribution in [1.82, 2.24) is 9.80 Å². The molecule has 37 heavy (non-hydrogen) atoms. The summed E-state index contributed by atoms with van der Waals surface area (Å²) in [7, 11) is 0. The molecule has 0 saturated carbocycles. The van der Waals surface area contributed by atoms with Gasteiger partial charge in [0.05, 0.1) is 22.9 Å². The monoisotopic (exact) mass is 505 g/mol. The van der Waals surface area contributed by atoms with Gasteiger partial charge in [-0.25, -0.2) is 8.78 Å². The SMILES string of the molecule is O=C(c1cc(F)cc([N+](=O)[O-])c1)N1CC2(CCCN2C(=O)Cc2ccccc2Cc2ccc(F)cc2)C1. The second kappa shape index (κ2) is 9.72. The molecule has 0 bridgehead atoms. The minimum Gasteiger partial charge on any atom is -0.334 e. The first-order valence-electron chi connectivity index (χ1n) is 12.1. The minimum absolute atomic E-state index is 0.0300. The maximum atomic E-state index is 13.8. The zero-order valence-corrected chi connectivity index (χ0v) is 20.0. The van der Waals surface area contributed by atoms with Gasteiger partial charge in [0.1, 0.15) is 11.6 Å². The predicted octanol–water partition coefficient (Wildman–Crippen LogP) is 4.52. The highest BCUT2D eigenvalue weighted by atomic mass is 19.1. The molecule has 2 aliphatic heterocycles. The Bertz CT molecular complexity index is 1370. The third-order valence-electron chi connectivity index (χ3n) is 7.26. The van der Waals surface area contributed by atoms with Crippen LogP contribution in [0.4, 0.5) is 14.5 Å². The summed E-state index contributed by atoms with van der Waals surface area (Å²) in [4.78, 5) is 40.0. The number of halogens is 2. The first kappa shape index (κ1) is 24.5. The topological polar surface area (TPSA) is 83.8 Å². The molecule has 5 rings (SSSR count). The molecule has 0 aliphatic carbocycles. The van der Waals surface area contributed by atoms with Gasteiger partial charge in [-0.15, -0.1) is 0 Å². The van der Waals surface area contributed by atoms with Crippen molar-refractivity contribution in [3.63, 3.8) is 0 Å². The summed E-state index contributed by atoms with van der Waals surface area (Å²) in [5.74, 6) is -1.66. The fourth-order valence-electron chi connectivity index (χ4n) is 5.43. The van der Waals surface area contributed by atoms with Crippen LogP contribution in [-0.2, 0) is 17.6 Å². The lowest BCUT2D eigenvalue weighted by molar-refractivity contribution is -0.385. The second-order valence-electron chi connectivity index (χ2n) is 9.74. The highest BCUT2D eigenvalue weighted by Crippen LogP contribution is 2.39. The van der Waals surface area contributed by atoms with E-state index in [0.29, 0.717) is 26.1 Å². The Morgan fingerprint density at radius 3 is 2.35 bits per heavy atom. The van der Waals surface area contributed by atoms with Crippen LogP contribution in [0, 0.1) is 21.7 Å². The summed E-state index contributed by atoms with van der Waals surface area (Å²) < 4.78 is 27.1. The van der Waals surface area contributed by atoms with Crippen LogP contribution in [-0.4, -0.2) is 51.7 Å². The Morgan fingerprint density at radius 1 is 0.946 bits per heavy atom. The molecule has 0 unspecified atom stereocenters. The maximum absolute atomic E-state index is 13.8. The number of likely N-dealkylation sites (tertiary alicyclic amines) is 2. The molecule has 0 radical (unpaired) electrons. The van der Waals surface area contributed by atoms with Crippen molar-refractivity contribution in [2.45, 2.75) is 31.2 Å². The van der Waals surface area contributed by atoms with Crippen molar-refractivity contribution in [1.29, 1.82) is 0 Å². The van der Waals surface area contributed by atoms with Crippen molar-refractivity contribution < 1.29 is 23.3 Å². The zero-order valence-electron chi connectivity index (χ0n) is 20.0. The van der Waals surface area contributed by atoms with Crippen LogP contribution in [0.25, 0.3) is 0 Å². The van der Waals surface area contributed by atoms with Gasteiger partial charge in [-0.1, -0.05) is 36.4 Å². The first-order chi connectivity index (χ1) is 17.7. The van der Waals surface area contributed by atoms with Gasteiger partial charge in [0.15, 0.2) is 0 Å². The molecule has 0 aromatic heterocycles. The molecule has 2 aliphatic rings. The summed E-state index contributed by atoms with van der Waals surface area (Å²) in [6.45, 7) is 1.20. The molecule has 2 heterocycles. The Balaban J connectivity index is 1.27. The van der Waals surface area contributed by atoms with Gasteiger partial charge < -0.3 is 9.80 Å². The van der Waals surface area contributed by atoms with E-state index in [0.717, 1.165) is 47.7 Å². The summed E-state index contributed by atoms with van der Waals surface area (Å²) >= 11 is 0. The molecule has 0 atom stereocenters. The number of amides is 2. The van der Waals surface area contributed by atoms with Crippen molar-refractivity contribution in [2.24, 2.45) is 0 Å². The molecule has 2 fully saturated rings. The number of carbonyl (C=O) groups excluding carboxylic acids is 2. The summed E-state index contributed by atoms with van der Waals surface area (Å²) in [6, 6.07) is 16.8. The normalized spacial score (nSPS) is 16.1. The quantitative estimate of drug-likeness (QED) is 0.364. The third-order valence-corrected chi connectivity index (χ3v) is 7.26. The van der Waals surface area contributed by atoms with Gasteiger partial charge in [0, 0.05) is 31.3 Å². The molecule has 7 nitrogen and oxygen atoms in total. The number of non-ortho nitro benzene ring substituents is 1. The van der Waals surface area contributed by atoms with Crippen molar-refractivity contribution in [3.05, 3.63) is 111 Å². The second-order valence-corrected chi connectivity index (χ2v) is 9.74. The number of hydrogen-bond acceptors (Lipinski definition) is 4. The van der Waals surface area contributed by atoms with Crippen LogP contribution in [0.1, 0.15) is 39.9 Å². The van der Waals surface area contributed by atoms with Crippen molar-refractivity contribution in [2.75, 3.05) is 19.6 Å². The fraction of sp³-hybridized carbons (Fsp3) is 0.286. The summed E-state index contributed by atoms with van der Waals surface area (Å²) in [5.41, 5.74) is 1.82. The standard InChI is InChI=1S/C28H25F2N3O4/c29-23-8-6-19(7-9-23)12-20-4-1-2-5-21(20)15-26(34)32-11-3-10-28(32)17-31(18-28)27(35)22-13-24(30)16-25(14-22)33(36)37/h1-2,4-9,13-14,16H,3,10-12,15,17-18H2. The average molecular weight is 506 g/mol. The number of hydrogen-bond donors (Lipinski definition) is 0. The van der Waals surface area contributed by atoms with Crippen molar-refractivity contribution in [3.8, 4) is 0 Å². The van der Waals surface area contributed by atoms with E-state index in [4.69, 9.17) is 0 Å². The van der Waals surface area contributed by atoms with Crippen molar-refractivity contribution >= 4 is 17.5 Å². The number of nitro groups is 1. The van der Waals surface area contributed by atoms with Gasteiger partial charge in [-0.3, -0.25) is 19.7 Å². The van der Waals surface area contributed by atoms with Gasteiger partial charge in [-0.2, -0.15) is 0 Å². The van der Waals surface area contributed by atoms with Crippen LogP contribution in [0.3, 0.4) is 0 Å². The van der Waals surface area contributed by atoms with E-state index < -0.39 is 27.9 Å². The Labute approximate surface area is 212 Å². The Kier molecular flexibility index (Phi) is 6.45. The van der Waals surface area contributed by atoms with Gasteiger partial charge in [0.2, 0.25) is 5.91 Å². The number of benzene rings is 3. The Hall–Kier alpha value is -4.14. The highest BCUT2D eigenvalue weighted by Gasteiger charge is 2.53. The van der Waals surface area contributed by atoms with E-state index in [1.54, 1.807) is 12.1 Å². The molecule has 2 saturated heterocycles. The number of nitrogens with zero attached hydrogens (tertiary/aromatic N) is 3.